The molecule has 110 valence electrons. The molecule has 0 aliphatic carbocycles. The molecule has 1 aromatic carbocycles. The molecule has 0 bridgehead atoms. The Bertz CT molecular complexity index is 475. The summed E-state index contributed by atoms with van der Waals surface area (Å²) < 4.78 is 10.7. The topological polar surface area (TPSA) is 59.0 Å². The second-order valence-electron chi connectivity index (χ2n) is 5.16. The summed E-state index contributed by atoms with van der Waals surface area (Å²) >= 11 is 0. The van der Waals surface area contributed by atoms with Gasteiger partial charge < -0.3 is 14.6 Å². The van der Waals surface area contributed by atoms with Gasteiger partial charge in [-0.15, -0.1) is 0 Å². The summed E-state index contributed by atoms with van der Waals surface area (Å²) in [6, 6.07) is 5.88. The second kappa shape index (κ2) is 6.61. The third-order valence-corrected chi connectivity index (χ3v) is 3.34. The number of aliphatic carboxylic acids is 1. The van der Waals surface area contributed by atoms with Crippen LogP contribution in [0.3, 0.4) is 0 Å². The Labute approximate surface area is 119 Å². The lowest BCUT2D eigenvalue weighted by Crippen LogP contribution is -2.32. The van der Waals surface area contributed by atoms with Crippen LogP contribution in [0, 0.1) is 5.92 Å². The number of carboxylic acid groups (broad SMARTS) is 1. The first kappa shape index (κ1) is 14.7. The van der Waals surface area contributed by atoms with Crippen molar-refractivity contribution in [2.75, 3.05) is 19.9 Å². The zero-order chi connectivity index (χ0) is 14.5. The first-order chi connectivity index (χ1) is 9.60. The van der Waals surface area contributed by atoms with Crippen molar-refractivity contribution in [2.45, 2.75) is 26.8 Å². The molecule has 1 aromatic rings. The van der Waals surface area contributed by atoms with Crippen molar-refractivity contribution in [2.24, 2.45) is 5.92 Å². The lowest BCUT2D eigenvalue weighted by molar-refractivity contribution is -0.141. The predicted molar refractivity (Wildman–Crippen MR) is 74.9 cm³/mol. The summed E-state index contributed by atoms with van der Waals surface area (Å²) in [5.74, 6) is 0.423. The van der Waals surface area contributed by atoms with Gasteiger partial charge in [-0.05, 0) is 30.7 Å². The van der Waals surface area contributed by atoms with Gasteiger partial charge in [-0.1, -0.05) is 19.9 Å². The molecule has 2 rings (SSSR count). The Balaban J connectivity index is 2.02. The predicted octanol–water partition coefficient (Wildman–Crippen LogP) is 2.35. The molecule has 20 heavy (non-hydrogen) atoms. The van der Waals surface area contributed by atoms with Crippen molar-refractivity contribution in [1.29, 1.82) is 0 Å². The molecule has 5 heteroatoms. The van der Waals surface area contributed by atoms with Crippen molar-refractivity contribution >= 4 is 5.97 Å². The molecule has 5 nitrogen and oxygen atoms in total. The van der Waals surface area contributed by atoms with E-state index < -0.39 is 5.97 Å². The molecule has 1 atom stereocenters. The van der Waals surface area contributed by atoms with E-state index in [9.17, 15) is 4.79 Å². The lowest BCUT2D eigenvalue weighted by atomic mass is 10.1. The Hall–Kier alpha value is -1.75. The second-order valence-corrected chi connectivity index (χ2v) is 5.16. The molecule has 0 aromatic heterocycles. The SMILES string of the molecule is CCCN(Cc1ccc2c(c1)OCO2)CC(C)C(=O)O. The van der Waals surface area contributed by atoms with Crippen LogP contribution in [0.2, 0.25) is 0 Å². The van der Waals surface area contributed by atoms with Crippen molar-refractivity contribution in [1.82, 2.24) is 4.90 Å². The molecule has 0 amide bonds. The van der Waals surface area contributed by atoms with Gasteiger partial charge in [0.1, 0.15) is 0 Å². The first-order valence-corrected chi connectivity index (χ1v) is 6.93. The van der Waals surface area contributed by atoms with E-state index in [1.54, 1.807) is 6.92 Å². The maximum atomic E-state index is 11.0. The monoisotopic (exact) mass is 279 g/mol. The standard InChI is InChI=1S/C15H21NO4/c1-3-6-16(8-11(2)15(17)18)9-12-4-5-13-14(7-12)20-10-19-13/h4-5,7,11H,3,6,8-10H2,1-2H3,(H,17,18). The van der Waals surface area contributed by atoms with E-state index in [1.807, 2.05) is 18.2 Å². The van der Waals surface area contributed by atoms with Gasteiger partial charge in [-0.2, -0.15) is 0 Å². The number of benzene rings is 1. The fraction of sp³-hybridized carbons (Fsp3) is 0.533. The minimum atomic E-state index is -0.753. The van der Waals surface area contributed by atoms with Crippen molar-refractivity contribution in [3.63, 3.8) is 0 Å². The molecule has 1 unspecified atom stereocenters. The highest BCUT2D eigenvalue weighted by Gasteiger charge is 2.18. The summed E-state index contributed by atoms with van der Waals surface area (Å²) in [4.78, 5) is 13.1. The molecule has 1 heterocycles. The Kier molecular flexibility index (Phi) is 4.84. The van der Waals surface area contributed by atoms with Crippen LogP contribution in [0.15, 0.2) is 18.2 Å². The molecule has 1 aliphatic heterocycles. The van der Waals surface area contributed by atoms with Crippen LogP contribution in [0.1, 0.15) is 25.8 Å². The first-order valence-electron chi connectivity index (χ1n) is 6.93. The maximum Gasteiger partial charge on any atom is 0.307 e. The molecule has 0 radical (unpaired) electrons. The van der Waals surface area contributed by atoms with E-state index in [0.29, 0.717) is 6.54 Å². The van der Waals surface area contributed by atoms with Crippen molar-refractivity contribution in [3.8, 4) is 11.5 Å². The van der Waals surface area contributed by atoms with Gasteiger partial charge in [0, 0.05) is 13.1 Å². The van der Waals surface area contributed by atoms with Crippen molar-refractivity contribution < 1.29 is 19.4 Å². The van der Waals surface area contributed by atoms with Gasteiger partial charge in [-0.25, -0.2) is 0 Å². The number of carbonyl (C=O) groups is 1. The highest BCUT2D eigenvalue weighted by Crippen LogP contribution is 2.32. The van der Waals surface area contributed by atoms with E-state index >= 15 is 0 Å². The third kappa shape index (κ3) is 3.63. The van der Waals surface area contributed by atoms with Crippen molar-refractivity contribution in [3.05, 3.63) is 23.8 Å². The molecule has 0 fully saturated rings. The highest BCUT2D eigenvalue weighted by atomic mass is 16.7. The largest absolute Gasteiger partial charge is 0.481 e. The molecule has 0 saturated carbocycles. The van der Waals surface area contributed by atoms with E-state index in [-0.39, 0.29) is 12.7 Å². The Morgan fingerprint density at radius 1 is 1.40 bits per heavy atom. The number of hydrogen-bond donors (Lipinski definition) is 1. The molecule has 1 aliphatic rings. The van der Waals surface area contributed by atoms with E-state index in [0.717, 1.165) is 36.6 Å². The minimum absolute atomic E-state index is 0.271. The van der Waals surface area contributed by atoms with E-state index in [4.69, 9.17) is 14.6 Å². The minimum Gasteiger partial charge on any atom is -0.481 e. The third-order valence-electron chi connectivity index (χ3n) is 3.34. The van der Waals surface area contributed by atoms with Crippen LogP contribution in [0.5, 0.6) is 11.5 Å². The summed E-state index contributed by atoms with van der Waals surface area (Å²) in [6.45, 7) is 6.27. The van der Waals surface area contributed by atoms with Gasteiger partial charge in [0.2, 0.25) is 6.79 Å². The Morgan fingerprint density at radius 2 is 2.15 bits per heavy atom. The maximum absolute atomic E-state index is 11.0. The number of nitrogens with zero attached hydrogens (tertiary/aromatic N) is 1. The van der Waals surface area contributed by atoms with Gasteiger partial charge >= 0.3 is 5.97 Å². The highest BCUT2D eigenvalue weighted by molar-refractivity contribution is 5.69. The van der Waals surface area contributed by atoms with Crippen LogP contribution in [-0.4, -0.2) is 35.9 Å². The summed E-state index contributed by atoms with van der Waals surface area (Å²) in [5, 5.41) is 9.03. The van der Waals surface area contributed by atoms with Gasteiger partial charge in [0.25, 0.3) is 0 Å². The van der Waals surface area contributed by atoms with E-state index in [1.165, 1.54) is 0 Å². The zero-order valence-corrected chi connectivity index (χ0v) is 12.0. The van der Waals surface area contributed by atoms with Gasteiger partial charge in [-0.3, -0.25) is 9.69 Å². The number of ether oxygens (including phenoxy) is 2. The van der Waals surface area contributed by atoms with E-state index in [2.05, 4.69) is 11.8 Å². The van der Waals surface area contributed by atoms with Crippen LogP contribution in [-0.2, 0) is 11.3 Å². The molecule has 1 N–H and O–H groups in total. The summed E-state index contributed by atoms with van der Waals surface area (Å²) in [5.41, 5.74) is 1.11. The summed E-state index contributed by atoms with van der Waals surface area (Å²) in [7, 11) is 0. The zero-order valence-electron chi connectivity index (χ0n) is 12.0. The Morgan fingerprint density at radius 3 is 2.85 bits per heavy atom. The van der Waals surface area contributed by atoms with Crippen LogP contribution >= 0.6 is 0 Å². The average molecular weight is 279 g/mol. The fourth-order valence-electron chi connectivity index (χ4n) is 2.31. The van der Waals surface area contributed by atoms with Gasteiger partial charge in [0.05, 0.1) is 5.92 Å². The smallest absolute Gasteiger partial charge is 0.307 e. The lowest BCUT2D eigenvalue weighted by Gasteiger charge is -2.23. The van der Waals surface area contributed by atoms with Crippen LogP contribution in [0.25, 0.3) is 0 Å². The normalized spacial score (nSPS) is 14.6. The fourth-order valence-corrected chi connectivity index (χ4v) is 2.31. The molecule has 0 spiro atoms. The number of carboxylic acids is 1. The average Bonchev–Trinajstić information content (AvgIpc) is 2.86. The number of rotatable bonds is 7. The quantitative estimate of drug-likeness (QED) is 0.830. The molecule has 0 saturated heterocycles. The number of hydrogen-bond acceptors (Lipinski definition) is 4. The van der Waals surface area contributed by atoms with Crippen LogP contribution < -0.4 is 9.47 Å². The molecular formula is C15H21NO4. The van der Waals surface area contributed by atoms with Gasteiger partial charge in [0.15, 0.2) is 11.5 Å². The summed E-state index contributed by atoms with van der Waals surface area (Å²) in [6.07, 6.45) is 0.997. The van der Waals surface area contributed by atoms with Crippen LogP contribution in [0.4, 0.5) is 0 Å². The number of fused-ring (bicyclic) bond motifs is 1. The molecular weight excluding hydrogens is 258 g/mol.